The maximum absolute atomic E-state index is 12.9. The number of hydrogen-bond acceptors (Lipinski definition) is 5. The number of alkyl halides is 3. The van der Waals surface area contributed by atoms with Gasteiger partial charge < -0.3 is 19.7 Å². The molecule has 1 aromatic heterocycles. The number of amides is 2. The van der Waals surface area contributed by atoms with E-state index in [-0.39, 0.29) is 16.5 Å². The van der Waals surface area contributed by atoms with E-state index in [4.69, 9.17) is 16.3 Å². The molecule has 1 aromatic carbocycles. The molecule has 1 saturated heterocycles. The first-order chi connectivity index (χ1) is 14.7. The summed E-state index contributed by atoms with van der Waals surface area (Å²) < 4.78 is 46.5. The molecule has 1 N–H and O–H groups in total. The van der Waals surface area contributed by atoms with Crippen molar-refractivity contribution in [1.82, 2.24) is 9.88 Å². The van der Waals surface area contributed by atoms with Crippen LogP contribution in [0.25, 0.3) is 0 Å². The first-order valence-corrected chi connectivity index (χ1v) is 9.67. The van der Waals surface area contributed by atoms with Crippen molar-refractivity contribution in [3.63, 3.8) is 0 Å². The van der Waals surface area contributed by atoms with Crippen molar-refractivity contribution >= 4 is 29.1 Å². The zero-order valence-electron chi connectivity index (χ0n) is 16.4. The standard InChI is InChI=1S/C20H19ClF3N3O4/c1-30-14-6-4-13(5-7-14)26-17(28)16-3-2-8-27(16)19(29)12-9-15(21)18(25-10-12)31-11-20(22,23)24/h4-7,9-10,16H,2-3,8,11H2,1H3,(H,26,28). The second-order valence-corrected chi connectivity index (χ2v) is 7.20. The molecule has 2 heterocycles. The Morgan fingerprint density at radius 3 is 2.61 bits per heavy atom. The van der Waals surface area contributed by atoms with Gasteiger partial charge in [0.2, 0.25) is 11.8 Å². The van der Waals surface area contributed by atoms with Crippen molar-refractivity contribution in [2.45, 2.75) is 25.1 Å². The molecule has 1 aliphatic rings. The highest BCUT2D eigenvalue weighted by Gasteiger charge is 2.35. The molecule has 1 unspecified atom stereocenters. The third kappa shape index (κ3) is 5.78. The summed E-state index contributed by atoms with van der Waals surface area (Å²) >= 11 is 5.92. The van der Waals surface area contributed by atoms with Gasteiger partial charge in [0.1, 0.15) is 16.8 Å². The van der Waals surface area contributed by atoms with Crippen molar-refractivity contribution in [3.05, 3.63) is 47.1 Å². The number of rotatable bonds is 6. The lowest BCUT2D eigenvalue weighted by molar-refractivity contribution is -0.154. The van der Waals surface area contributed by atoms with Gasteiger partial charge in [0.05, 0.1) is 12.7 Å². The van der Waals surface area contributed by atoms with Crippen molar-refractivity contribution in [2.24, 2.45) is 0 Å². The predicted molar refractivity (Wildman–Crippen MR) is 106 cm³/mol. The smallest absolute Gasteiger partial charge is 0.422 e. The van der Waals surface area contributed by atoms with Crippen molar-refractivity contribution in [2.75, 3.05) is 25.6 Å². The highest BCUT2D eigenvalue weighted by atomic mass is 35.5. The lowest BCUT2D eigenvalue weighted by atomic mass is 10.1. The summed E-state index contributed by atoms with van der Waals surface area (Å²) in [4.78, 5) is 30.7. The molecule has 2 amide bonds. The fraction of sp³-hybridized carbons (Fsp3) is 0.350. The van der Waals surface area contributed by atoms with Crippen LogP contribution >= 0.6 is 11.6 Å². The van der Waals surface area contributed by atoms with Gasteiger partial charge in [-0.2, -0.15) is 13.2 Å². The summed E-state index contributed by atoms with van der Waals surface area (Å²) in [5.74, 6) is -0.627. The number of benzene rings is 1. The third-order valence-electron chi connectivity index (χ3n) is 4.60. The minimum Gasteiger partial charge on any atom is -0.497 e. The number of pyridine rings is 1. The fourth-order valence-electron chi connectivity index (χ4n) is 3.15. The van der Waals surface area contributed by atoms with Gasteiger partial charge in [0, 0.05) is 18.4 Å². The predicted octanol–water partition coefficient (Wildman–Crippen LogP) is 3.93. The number of methoxy groups -OCH3 is 1. The van der Waals surface area contributed by atoms with Crippen LogP contribution in [0.3, 0.4) is 0 Å². The third-order valence-corrected chi connectivity index (χ3v) is 4.87. The van der Waals surface area contributed by atoms with Gasteiger partial charge in [-0.1, -0.05) is 11.6 Å². The Morgan fingerprint density at radius 1 is 1.29 bits per heavy atom. The first kappa shape index (κ1) is 22.7. The monoisotopic (exact) mass is 457 g/mol. The first-order valence-electron chi connectivity index (χ1n) is 9.29. The van der Waals surface area contributed by atoms with E-state index in [1.165, 1.54) is 18.1 Å². The molecule has 0 radical (unpaired) electrons. The van der Waals surface area contributed by atoms with Gasteiger partial charge in [-0.25, -0.2) is 4.98 Å². The summed E-state index contributed by atoms with van der Waals surface area (Å²) in [6.07, 6.45) is -2.36. The van der Waals surface area contributed by atoms with Crippen LogP contribution in [0.1, 0.15) is 23.2 Å². The van der Waals surface area contributed by atoms with Crippen molar-refractivity contribution in [3.8, 4) is 11.6 Å². The van der Waals surface area contributed by atoms with Crippen LogP contribution in [0.5, 0.6) is 11.6 Å². The summed E-state index contributed by atoms with van der Waals surface area (Å²) in [6, 6.07) is 7.24. The van der Waals surface area contributed by atoms with E-state index in [1.54, 1.807) is 24.3 Å². The quantitative estimate of drug-likeness (QED) is 0.711. The molecule has 3 rings (SSSR count). The van der Waals surface area contributed by atoms with Crippen LogP contribution in [-0.2, 0) is 4.79 Å². The van der Waals surface area contributed by atoms with Crippen LogP contribution in [0.4, 0.5) is 18.9 Å². The number of hydrogen-bond donors (Lipinski definition) is 1. The fourth-order valence-corrected chi connectivity index (χ4v) is 3.37. The molecule has 166 valence electrons. The van der Waals surface area contributed by atoms with E-state index in [0.717, 1.165) is 6.20 Å². The summed E-state index contributed by atoms with van der Waals surface area (Å²) in [6.45, 7) is -1.20. The molecular weight excluding hydrogens is 439 g/mol. The van der Waals surface area contributed by atoms with Crippen molar-refractivity contribution < 1.29 is 32.2 Å². The Bertz CT molecular complexity index is 954. The van der Waals surface area contributed by atoms with E-state index in [2.05, 4.69) is 15.0 Å². The number of nitrogens with zero attached hydrogens (tertiary/aromatic N) is 2. The number of nitrogens with one attached hydrogen (secondary N) is 1. The Balaban J connectivity index is 1.68. The van der Waals surface area contributed by atoms with E-state index >= 15 is 0 Å². The van der Waals surface area contributed by atoms with Gasteiger partial charge in [-0.3, -0.25) is 9.59 Å². The topological polar surface area (TPSA) is 80.8 Å². The molecule has 11 heteroatoms. The van der Waals surface area contributed by atoms with Gasteiger partial charge >= 0.3 is 6.18 Å². The summed E-state index contributed by atoms with van der Waals surface area (Å²) in [5.41, 5.74) is 0.606. The summed E-state index contributed by atoms with van der Waals surface area (Å²) in [7, 11) is 1.53. The maximum Gasteiger partial charge on any atom is 0.422 e. The minimum absolute atomic E-state index is 0.0495. The number of ether oxygens (including phenoxy) is 2. The number of carbonyl (C=O) groups is 2. The highest BCUT2D eigenvalue weighted by Crippen LogP contribution is 2.27. The van der Waals surface area contributed by atoms with Crippen LogP contribution in [0.15, 0.2) is 36.5 Å². The molecule has 1 fully saturated rings. The molecule has 0 bridgehead atoms. The van der Waals surface area contributed by atoms with Crippen LogP contribution in [0, 0.1) is 0 Å². The number of carbonyl (C=O) groups excluding carboxylic acids is 2. The minimum atomic E-state index is -4.54. The number of halogens is 4. The van der Waals surface area contributed by atoms with Gasteiger partial charge in [0.15, 0.2) is 6.61 Å². The van der Waals surface area contributed by atoms with Crippen LogP contribution in [-0.4, -0.2) is 54.2 Å². The maximum atomic E-state index is 12.9. The SMILES string of the molecule is COc1ccc(NC(=O)C2CCCN2C(=O)c2cnc(OCC(F)(F)F)c(Cl)c2)cc1. The van der Waals surface area contributed by atoms with Gasteiger partial charge in [0.25, 0.3) is 5.91 Å². The van der Waals surface area contributed by atoms with Crippen LogP contribution in [0.2, 0.25) is 5.02 Å². The van der Waals surface area contributed by atoms with E-state index in [9.17, 15) is 22.8 Å². The molecule has 0 spiro atoms. The molecule has 0 aliphatic carbocycles. The Kier molecular flexibility index (Phi) is 6.89. The molecule has 2 aromatic rings. The molecule has 1 aliphatic heterocycles. The highest BCUT2D eigenvalue weighted by molar-refractivity contribution is 6.32. The normalized spacial score (nSPS) is 16.2. The second-order valence-electron chi connectivity index (χ2n) is 6.79. The molecular formula is C20H19ClF3N3O4. The molecule has 1 atom stereocenters. The molecule has 0 saturated carbocycles. The van der Waals surface area contributed by atoms with E-state index < -0.39 is 30.6 Å². The van der Waals surface area contributed by atoms with E-state index in [0.29, 0.717) is 30.8 Å². The van der Waals surface area contributed by atoms with Crippen LogP contribution < -0.4 is 14.8 Å². The Hall–Kier alpha value is -3.01. The van der Waals surface area contributed by atoms with Gasteiger partial charge in [-0.05, 0) is 43.2 Å². The van der Waals surface area contributed by atoms with Crippen molar-refractivity contribution in [1.29, 1.82) is 0 Å². The average Bonchev–Trinajstić information content (AvgIpc) is 3.22. The zero-order valence-corrected chi connectivity index (χ0v) is 17.2. The average molecular weight is 458 g/mol. The van der Waals surface area contributed by atoms with Gasteiger partial charge in [-0.15, -0.1) is 0 Å². The summed E-state index contributed by atoms with van der Waals surface area (Å²) in [5, 5.41) is 2.54. The number of likely N-dealkylation sites (tertiary alicyclic amines) is 1. The second kappa shape index (κ2) is 9.42. The van der Waals surface area contributed by atoms with E-state index in [1.807, 2.05) is 0 Å². The number of anilines is 1. The lowest BCUT2D eigenvalue weighted by Crippen LogP contribution is -2.43. The molecule has 7 nitrogen and oxygen atoms in total. The largest absolute Gasteiger partial charge is 0.497 e. The zero-order chi connectivity index (χ0) is 22.6. The number of aromatic nitrogens is 1. The molecule has 31 heavy (non-hydrogen) atoms. The Labute approximate surface area is 181 Å². The Morgan fingerprint density at radius 2 is 2.00 bits per heavy atom. The lowest BCUT2D eigenvalue weighted by Gasteiger charge is -2.24.